The first kappa shape index (κ1) is 54.5. The van der Waals surface area contributed by atoms with Crippen molar-refractivity contribution in [3.05, 3.63) is 0 Å². The van der Waals surface area contributed by atoms with Crippen LogP contribution in [0.4, 0.5) is 0 Å². The molecular formula is C40H76Cl2N4O12S. The monoisotopic (exact) mass is 906 g/mol. The van der Waals surface area contributed by atoms with Gasteiger partial charge in [0.2, 0.25) is 11.8 Å². The molecule has 4 heterocycles. The predicted octanol–water partition coefficient (Wildman–Crippen LogP) is 0.325. The van der Waals surface area contributed by atoms with Crippen LogP contribution in [0.3, 0.4) is 0 Å². The van der Waals surface area contributed by atoms with E-state index in [-0.39, 0.29) is 44.5 Å². The zero-order chi connectivity index (χ0) is 43.1. The molecule has 4 aliphatic rings. The van der Waals surface area contributed by atoms with Gasteiger partial charge in [0, 0.05) is 13.2 Å². The summed E-state index contributed by atoms with van der Waals surface area (Å²) in [5.41, 5.74) is -0.723. The number of hydrogen-bond donors (Lipinski definition) is 12. The standard InChI is InChI=1S/C20H37ClN2O6S.C19H35ClN2O6.CH4/c1-11(21)14(18-16(26)15(25)17(27)20(29-18)30-2)23-19(28)13-7-6-12(8-9-22-13)5-3-4-10-24;1-10(20)14(18-17(26)16(25)15(24)11(2)28-18)22-19(27)13-6-5-12(4-3-9-23)7-8-21-13;/h11-18,20,22,24-27H,3-10H2,1-2H3,(H,23,28);10-18,21,23-26H,3-9H2,1-2H3,(H,22,27);1H4/t11-,12-,13-,14+,15-,16+,17+,18+,20+;10-,11+,12-,13-,14+,15-,16+,17+,18+;/m00./s1. The third-order valence-corrected chi connectivity index (χ3v) is 13.5. The number of carbonyl (C=O) groups excluding carboxylic acids is 2. The lowest BCUT2D eigenvalue weighted by molar-refractivity contribution is -0.223. The first-order chi connectivity index (χ1) is 27.6. The zero-order valence-electron chi connectivity index (χ0n) is 34.4. The smallest absolute Gasteiger partial charge is 0.237 e. The second-order valence-electron chi connectivity index (χ2n) is 16.4. The lowest BCUT2D eigenvalue weighted by atomic mass is 9.90. The summed E-state index contributed by atoms with van der Waals surface area (Å²) in [7, 11) is 0. The van der Waals surface area contributed by atoms with Crippen LogP contribution in [0.15, 0.2) is 0 Å². The van der Waals surface area contributed by atoms with Gasteiger partial charge in [-0.2, -0.15) is 0 Å². The SMILES string of the molecule is C.CS[C@H]1O[C@H]([C@H](NC(=O)[C@@H]2CC[C@H](CCCCO)CCN2)[C@H](C)Cl)[C@H](O)[C@H](O)[C@H]1O.C[C@H](Cl)[C@@H](NC(=O)[C@@H]1CC[C@H](CCCO)CCN1)[C@H]1O[C@H](C)[C@H](O)[C@@H](O)[C@H]1O. The van der Waals surface area contributed by atoms with E-state index >= 15 is 0 Å². The molecule has 59 heavy (non-hydrogen) atoms. The number of thioether (sulfide) groups is 1. The van der Waals surface area contributed by atoms with Gasteiger partial charge < -0.3 is 71.6 Å². The quantitative estimate of drug-likeness (QED) is 0.0736. The molecule has 0 saturated carbocycles. The summed E-state index contributed by atoms with van der Waals surface area (Å²) in [6.45, 7) is 6.86. The maximum atomic E-state index is 13.0. The summed E-state index contributed by atoms with van der Waals surface area (Å²) < 4.78 is 11.5. The molecule has 0 aliphatic carbocycles. The molecule has 4 fully saturated rings. The van der Waals surface area contributed by atoms with Crippen LogP contribution >= 0.6 is 35.0 Å². The molecule has 12 N–H and O–H groups in total. The van der Waals surface area contributed by atoms with Crippen molar-refractivity contribution in [1.29, 1.82) is 0 Å². The molecule has 0 aromatic heterocycles. The normalized spacial score (nSPS) is 37.5. The Balaban J connectivity index is 0.000000401. The Morgan fingerprint density at radius 1 is 0.661 bits per heavy atom. The first-order valence-electron chi connectivity index (χ1n) is 21.1. The molecule has 18 atom stereocenters. The number of nitrogens with one attached hydrogen (secondary N) is 4. The molecule has 16 nitrogen and oxygen atoms in total. The van der Waals surface area contributed by atoms with Crippen LogP contribution in [0.5, 0.6) is 0 Å². The third kappa shape index (κ3) is 16.2. The lowest BCUT2D eigenvalue weighted by Crippen LogP contribution is -2.65. The van der Waals surface area contributed by atoms with Crippen LogP contribution in [0.2, 0.25) is 0 Å². The average molecular weight is 908 g/mol. The van der Waals surface area contributed by atoms with E-state index in [1.807, 2.05) is 0 Å². The van der Waals surface area contributed by atoms with Gasteiger partial charge in [-0.3, -0.25) is 9.59 Å². The van der Waals surface area contributed by atoms with Gasteiger partial charge in [0.1, 0.15) is 54.3 Å². The third-order valence-electron chi connectivity index (χ3n) is 12.1. The average Bonchev–Trinajstić information content (AvgIpc) is 3.59. The van der Waals surface area contributed by atoms with E-state index in [9.17, 15) is 40.2 Å². The van der Waals surface area contributed by atoms with Crippen LogP contribution < -0.4 is 21.3 Å². The number of rotatable bonds is 16. The van der Waals surface area contributed by atoms with Crippen molar-refractivity contribution >= 4 is 46.8 Å². The number of amides is 2. The van der Waals surface area contributed by atoms with Gasteiger partial charge in [0.05, 0.1) is 41.0 Å². The summed E-state index contributed by atoms with van der Waals surface area (Å²) in [6, 6.07) is -2.18. The zero-order valence-corrected chi connectivity index (χ0v) is 36.7. The topological polar surface area (TPSA) is 263 Å². The van der Waals surface area contributed by atoms with E-state index in [0.717, 1.165) is 70.9 Å². The Hall–Kier alpha value is -0.610. The fourth-order valence-corrected chi connectivity index (χ4v) is 9.45. The highest BCUT2D eigenvalue weighted by atomic mass is 35.5. The summed E-state index contributed by atoms with van der Waals surface area (Å²) in [4.78, 5) is 25.8. The van der Waals surface area contributed by atoms with Crippen molar-refractivity contribution in [2.45, 2.75) is 194 Å². The van der Waals surface area contributed by atoms with Crippen molar-refractivity contribution in [3.63, 3.8) is 0 Å². The molecule has 0 spiro atoms. The van der Waals surface area contributed by atoms with Crippen LogP contribution in [-0.2, 0) is 19.1 Å². The lowest BCUT2D eigenvalue weighted by Gasteiger charge is -2.44. The van der Waals surface area contributed by atoms with Crippen molar-refractivity contribution in [1.82, 2.24) is 21.3 Å². The highest BCUT2D eigenvalue weighted by molar-refractivity contribution is 7.99. The highest BCUT2D eigenvalue weighted by Gasteiger charge is 2.49. The molecule has 4 aliphatic heterocycles. The van der Waals surface area contributed by atoms with Crippen LogP contribution in [-0.4, -0.2) is 181 Å². The van der Waals surface area contributed by atoms with Crippen LogP contribution in [0.25, 0.3) is 0 Å². The number of aliphatic hydroxyl groups is 8. The fourth-order valence-electron chi connectivity index (χ4n) is 8.36. The summed E-state index contributed by atoms with van der Waals surface area (Å²) in [5, 5.41) is 90.2. The van der Waals surface area contributed by atoms with E-state index in [4.69, 9.17) is 42.9 Å². The Labute approximate surface area is 365 Å². The first-order valence-corrected chi connectivity index (χ1v) is 23.2. The molecule has 0 unspecified atom stereocenters. The summed E-state index contributed by atoms with van der Waals surface area (Å²) in [5.74, 6) is 0.596. The molecule has 2 amide bonds. The molecule has 0 radical (unpaired) electrons. The van der Waals surface area contributed by atoms with Gasteiger partial charge >= 0.3 is 0 Å². The van der Waals surface area contributed by atoms with Gasteiger partial charge in [-0.1, -0.05) is 20.3 Å². The molecule has 0 aromatic carbocycles. The molecular weight excluding hydrogens is 831 g/mol. The Morgan fingerprint density at radius 2 is 1.10 bits per heavy atom. The van der Waals surface area contributed by atoms with Gasteiger partial charge in [0.15, 0.2) is 0 Å². The molecule has 348 valence electrons. The maximum Gasteiger partial charge on any atom is 0.237 e. The van der Waals surface area contributed by atoms with Crippen molar-refractivity contribution < 1.29 is 59.9 Å². The largest absolute Gasteiger partial charge is 0.396 e. The van der Waals surface area contributed by atoms with Gasteiger partial charge in [-0.15, -0.1) is 35.0 Å². The maximum absolute atomic E-state index is 13.0. The van der Waals surface area contributed by atoms with Crippen LogP contribution in [0, 0.1) is 11.8 Å². The Kier molecular flexibility index (Phi) is 25.5. The Bertz CT molecular complexity index is 1200. The van der Waals surface area contributed by atoms with E-state index < -0.39 is 83.2 Å². The number of aliphatic hydroxyl groups excluding tert-OH is 8. The number of alkyl halides is 2. The Morgan fingerprint density at radius 3 is 1.54 bits per heavy atom. The minimum Gasteiger partial charge on any atom is -0.396 e. The number of unbranched alkanes of at least 4 members (excludes halogenated alkanes) is 1. The second kappa shape index (κ2) is 27.5. The predicted molar refractivity (Wildman–Crippen MR) is 229 cm³/mol. The summed E-state index contributed by atoms with van der Waals surface area (Å²) in [6.07, 6.45) is 1.02. The van der Waals surface area contributed by atoms with E-state index in [2.05, 4.69) is 21.3 Å². The van der Waals surface area contributed by atoms with Gasteiger partial charge in [0.25, 0.3) is 0 Å². The van der Waals surface area contributed by atoms with Crippen molar-refractivity contribution in [2.24, 2.45) is 11.8 Å². The van der Waals surface area contributed by atoms with Crippen molar-refractivity contribution in [3.8, 4) is 0 Å². The number of hydrogen-bond acceptors (Lipinski definition) is 15. The number of halogens is 2. The number of carbonyl (C=O) groups is 2. The van der Waals surface area contributed by atoms with Crippen molar-refractivity contribution in [2.75, 3.05) is 32.6 Å². The minimum absolute atomic E-state index is 0. The van der Waals surface area contributed by atoms with E-state index in [1.165, 1.54) is 11.8 Å². The van der Waals surface area contributed by atoms with Gasteiger partial charge in [-0.25, -0.2) is 0 Å². The van der Waals surface area contributed by atoms with E-state index in [1.54, 1.807) is 27.0 Å². The number of ether oxygens (including phenoxy) is 2. The molecule has 19 heteroatoms. The minimum atomic E-state index is -1.38. The molecule has 4 rings (SSSR count). The summed E-state index contributed by atoms with van der Waals surface area (Å²) >= 11 is 13.8. The highest BCUT2D eigenvalue weighted by Crippen LogP contribution is 2.31. The second-order valence-corrected chi connectivity index (χ2v) is 18.8. The molecule has 0 aromatic rings. The molecule has 0 bridgehead atoms. The van der Waals surface area contributed by atoms with Gasteiger partial charge in [-0.05, 0) is 110 Å². The fraction of sp³-hybridized carbons (Fsp3) is 0.950. The molecule has 4 saturated heterocycles. The van der Waals surface area contributed by atoms with E-state index in [0.29, 0.717) is 24.7 Å². The van der Waals surface area contributed by atoms with Crippen LogP contribution in [0.1, 0.15) is 98.8 Å².